The van der Waals surface area contributed by atoms with Crippen molar-refractivity contribution in [3.8, 4) is 11.4 Å². The molecule has 0 radical (unpaired) electrons. The van der Waals surface area contributed by atoms with Crippen molar-refractivity contribution in [2.45, 2.75) is 19.4 Å². The molecular formula is C23H22ClFN4O. The summed E-state index contributed by atoms with van der Waals surface area (Å²) in [5, 5.41) is 3.66. The van der Waals surface area contributed by atoms with Gasteiger partial charge in [-0.05, 0) is 54.8 Å². The molecule has 30 heavy (non-hydrogen) atoms. The summed E-state index contributed by atoms with van der Waals surface area (Å²) in [5.41, 5.74) is 1.66. The van der Waals surface area contributed by atoms with Crippen molar-refractivity contribution in [2.24, 2.45) is 5.92 Å². The van der Waals surface area contributed by atoms with E-state index in [0.29, 0.717) is 23.9 Å². The number of rotatable bonds is 5. The summed E-state index contributed by atoms with van der Waals surface area (Å²) in [7, 11) is 0. The number of hydrogen-bond acceptors (Lipinski definition) is 4. The summed E-state index contributed by atoms with van der Waals surface area (Å²) < 4.78 is 13.2. The Morgan fingerprint density at radius 1 is 1.17 bits per heavy atom. The minimum Gasteiger partial charge on any atom is -0.356 e. The molecule has 1 amide bonds. The maximum atomic E-state index is 13.2. The first kappa shape index (κ1) is 20.3. The van der Waals surface area contributed by atoms with Crippen molar-refractivity contribution in [3.05, 3.63) is 77.2 Å². The molecule has 1 unspecified atom stereocenters. The summed E-state index contributed by atoms with van der Waals surface area (Å²) in [4.78, 5) is 23.8. The lowest BCUT2D eigenvalue weighted by Crippen LogP contribution is -2.43. The molecule has 1 aromatic heterocycles. The second-order valence-electron chi connectivity index (χ2n) is 7.34. The van der Waals surface area contributed by atoms with E-state index >= 15 is 0 Å². The maximum absolute atomic E-state index is 13.2. The number of anilines is 1. The molecule has 7 heteroatoms. The first-order valence-corrected chi connectivity index (χ1v) is 10.3. The van der Waals surface area contributed by atoms with Crippen molar-refractivity contribution in [1.29, 1.82) is 0 Å². The van der Waals surface area contributed by atoms with Crippen LogP contribution in [0.5, 0.6) is 0 Å². The lowest BCUT2D eigenvalue weighted by atomic mass is 9.97. The third-order valence-corrected chi connectivity index (χ3v) is 5.64. The molecule has 2 aromatic carbocycles. The molecule has 0 bridgehead atoms. The molecule has 154 valence electrons. The predicted molar refractivity (Wildman–Crippen MR) is 116 cm³/mol. The number of amides is 1. The van der Waals surface area contributed by atoms with Crippen LogP contribution in [0.25, 0.3) is 11.4 Å². The van der Waals surface area contributed by atoms with E-state index in [9.17, 15) is 9.18 Å². The van der Waals surface area contributed by atoms with Gasteiger partial charge in [0.05, 0.1) is 5.92 Å². The van der Waals surface area contributed by atoms with Crippen molar-refractivity contribution < 1.29 is 9.18 Å². The van der Waals surface area contributed by atoms with Crippen LogP contribution < -0.4 is 10.2 Å². The summed E-state index contributed by atoms with van der Waals surface area (Å²) in [6, 6.07) is 15.5. The van der Waals surface area contributed by atoms with Gasteiger partial charge in [-0.1, -0.05) is 29.8 Å². The van der Waals surface area contributed by atoms with Crippen LogP contribution in [-0.4, -0.2) is 29.0 Å². The lowest BCUT2D eigenvalue weighted by Gasteiger charge is -2.33. The number of nitrogens with zero attached hydrogens (tertiary/aromatic N) is 3. The second-order valence-corrected chi connectivity index (χ2v) is 7.75. The number of carbonyl (C=O) groups is 1. The predicted octanol–water partition coefficient (Wildman–Crippen LogP) is 4.47. The second kappa shape index (κ2) is 9.22. The Bertz CT molecular complexity index is 1030. The van der Waals surface area contributed by atoms with Gasteiger partial charge in [0.1, 0.15) is 11.6 Å². The Balaban J connectivity index is 1.42. The first-order valence-electron chi connectivity index (χ1n) is 9.95. The van der Waals surface area contributed by atoms with E-state index in [4.69, 9.17) is 11.6 Å². The summed E-state index contributed by atoms with van der Waals surface area (Å²) in [6.07, 6.45) is 3.43. The fraction of sp³-hybridized carbons (Fsp3) is 0.261. The van der Waals surface area contributed by atoms with Gasteiger partial charge in [0.25, 0.3) is 0 Å². The molecule has 4 rings (SSSR count). The van der Waals surface area contributed by atoms with Gasteiger partial charge in [-0.15, -0.1) is 0 Å². The van der Waals surface area contributed by atoms with Crippen LogP contribution in [0.3, 0.4) is 0 Å². The van der Waals surface area contributed by atoms with Crippen LogP contribution in [0.4, 0.5) is 10.2 Å². The molecule has 1 aliphatic rings. The van der Waals surface area contributed by atoms with E-state index in [-0.39, 0.29) is 17.6 Å². The minimum atomic E-state index is -0.295. The van der Waals surface area contributed by atoms with Crippen molar-refractivity contribution in [1.82, 2.24) is 15.3 Å². The fourth-order valence-corrected chi connectivity index (χ4v) is 3.83. The molecule has 1 saturated heterocycles. The Morgan fingerprint density at radius 3 is 2.77 bits per heavy atom. The van der Waals surface area contributed by atoms with E-state index in [1.807, 2.05) is 30.3 Å². The van der Waals surface area contributed by atoms with Crippen LogP contribution in [0.15, 0.2) is 60.8 Å². The zero-order valence-electron chi connectivity index (χ0n) is 16.4. The monoisotopic (exact) mass is 424 g/mol. The topological polar surface area (TPSA) is 58.1 Å². The molecular weight excluding hydrogens is 403 g/mol. The Hall–Kier alpha value is -2.99. The zero-order valence-corrected chi connectivity index (χ0v) is 17.1. The largest absolute Gasteiger partial charge is 0.356 e. The summed E-state index contributed by atoms with van der Waals surface area (Å²) >= 11 is 6.18. The number of carbonyl (C=O) groups excluding carboxylic acids is 1. The van der Waals surface area contributed by atoms with E-state index < -0.39 is 0 Å². The highest BCUT2D eigenvalue weighted by molar-refractivity contribution is 6.31. The molecule has 3 aromatic rings. The van der Waals surface area contributed by atoms with Gasteiger partial charge in [-0.25, -0.2) is 14.4 Å². The van der Waals surface area contributed by atoms with Crippen molar-refractivity contribution in [2.75, 3.05) is 18.0 Å². The lowest BCUT2D eigenvalue weighted by molar-refractivity contribution is -0.125. The standard InChI is InChI=1S/C23H22ClFN4O/c24-20-6-2-1-4-17(20)14-27-23(30)18-5-3-13-29(15-18)21-11-12-26-22(28-21)16-7-9-19(25)10-8-16/h1-2,4,6-12,18H,3,5,13-15H2,(H,27,30). The van der Waals surface area contributed by atoms with Gasteiger partial charge in [0.2, 0.25) is 5.91 Å². The molecule has 5 nitrogen and oxygen atoms in total. The highest BCUT2D eigenvalue weighted by Gasteiger charge is 2.26. The van der Waals surface area contributed by atoms with Crippen LogP contribution >= 0.6 is 11.6 Å². The third kappa shape index (κ3) is 4.76. The number of aromatic nitrogens is 2. The molecule has 1 atom stereocenters. The van der Waals surface area contributed by atoms with Gasteiger partial charge >= 0.3 is 0 Å². The van der Waals surface area contributed by atoms with Gasteiger partial charge in [0.15, 0.2) is 5.82 Å². The van der Waals surface area contributed by atoms with Gasteiger partial charge in [-0.3, -0.25) is 4.79 Å². The summed E-state index contributed by atoms with van der Waals surface area (Å²) in [5.74, 6) is 0.917. The fourth-order valence-electron chi connectivity index (χ4n) is 3.63. The Labute approximate surface area is 179 Å². The van der Waals surface area contributed by atoms with E-state index in [0.717, 1.165) is 36.3 Å². The van der Waals surface area contributed by atoms with Gasteiger partial charge in [0, 0.05) is 36.4 Å². The van der Waals surface area contributed by atoms with E-state index in [2.05, 4.69) is 20.2 Å². The molecule has 2 heterocycles. The third-order valence-electron chi connectivity index (χ3n) is 5.27. The van der Waals surface area contributed by atoms with Crippen LogP contribution in [0.2, 0.25) is 5.02 Å². The highest BCUT2D eigenvalue weighted by Crippen LogP contribution is 2.24. The van der Waals surface area contributed by atoms with E-state index in [1.54, 1.807) is 18.3 Å². The zero-order chi connectivity index (χ0) is 20.9. The van der Waals surface area contributed by atoms with Crippen LogP contribution in [0.1, 0.15) is 18.4 Å². The van der Waals surface area contributed by atoms with Crippen LogP contribution in [0, 0.1) is 11.7 Å². The van der Waals surface area contributed by atoms with Crippen LogP contribution in [-0.2, 0) is 11.3 Å². The average Bonchev–Trinajstić information content (AvgIpc) is 2.79. The van der Waals surface area contributed by atoms with Gasteiger partial charge in [-0.2, -0.15) is 0 Å². The first-order chi connectivity index (χ1) is 14.6. The van der Waals surface area contributed by atoms with E-state index in [1.165, 1.54) is 12.1 Å². The Morgan fingerprint density at radius 2 is 1.97 bits per heavy atom. The van der Waals surface area contributed by atoms with Gasteiger partial charge < -0.3 is 10.2 Å². The number of nitrogens with one attached hydrogen (secondary N) is 1. The summed E-state index contributed by atoms with van der Waals surface area (Å²) in [6.45, 7) is 1.83. The Kier molecular flexibility index (Phi) is 6.23. The smallest absolute Gasteiger partial charge is 0.225 e. The number of benzene rings is 2. The molecule has 0 aliphatic carbocycles. The van der Waals surface area contributed by atoms with Crippen molar-refractivity contribution in [3.63, 3.8) is 0 Å². The quantitative estimate of drug-likeness (QED) is 0.656. The number of piperidine rings is 1. The maximum Gasteiger partial charge on any atom is 0.225 e. The SMILES string of the molecule is O=C(NCc1ccccc1Cl)C1CCCN(c2ccnc(-c3ccc(F)cc3)n2)C1. The number of hydrogen-bond donors (Lipinski definition) is 1. The molecule has 0 spiro atoms. The highest BCUT2D eigenvalue weighted by atomic mass is 35.5. The number of halogens is 2. The van der Waals surface area contributed by atoms with Crippen molar-refractivity contribution >= 4 is 23.3 Å². The average molecular weight is 425 g/mol. The molecule has 0 saturated carbocycles. The minimum absolute atomic E-state index is 0.0208. The molecule has 1 fully saturated rings. The molecule has 1 aliphatic heterocycles. The molecule has 1 N–H and O–H groups in total. The normalized spacial score (nSPS) is 16.3.